The second-order valence-corrected chi connectivity index (χ2v) is 9.55. The summed E-state index contributed by atoms with van der Waals surface area (Å²) in [6, 6.07) is 13.8. The molecule has 0 bridgehead atoms. The van der Waals surface area contributed by atoms with E-state index in [1.54, 1.807) is 14.2 Å². The molecule has 2 aromatic carbocycles. The number of phosphoric acid groups is 1. The molecule has 32 heavy (non-hydrogen) atoms. The van der Waals surface area contributed by atoms with Crippen molar-refractivity contribution >= 4 is 7.82 Å². The molecule has 0 radical (unpaired) electrons. The summed E-state index contributed by atoms with van der Waals surface area (Å²) in [6.07, 6.45) is 3.84. The van der Waals surface area contributed by atoms with Gasteiger partial charge in [-0.3, -0.25) is 4.52 Å². The summed E-state index contributed by atoms with van der Waals surface area (Å²) in [7, 11) is -1.23. The smallest absolute Gasteiger partial charge is 0.469 e. The molecular weight excluding hydrogens is 433 g/mol. The Labute approximate surface area is 188 Å². The van der Waals surface area contributed by atoms with Gasteiger partial charge in [-0.25, -0.2) is 4.57 Å². The fourth-order valence-corrected chi connectivity index (χ4v) is 4.52. The van der Waals surface area contributed by atoms with E-state index in [9.17, 15) is 4.57 Å². The Hall–Kier alpha value is -2.09. The largest absolute Gasteiger partial charge is 0.497 e. The van der Waals surface area contributed by atoms with Crippen LogP contribution in [0.3, 0.4) is 0 Å². The van der Waals surface area contributed by atoms with E-state index in [-0.39, 0.29) is 12.5 Å². The van der Waals surface area contributed by atoms with Crippen LogP contribution in [0, 0.1) is 0 Å². The van der Waals surface area contributed by atoms with Crippen molar-refractivity contribution in [3.8, 4) is 17.2 Å². The van der Waals surface area contributed by atoms with Crippen LogP contribution in [0.1, 0.15) is 42.7 Å². The molecule has 8 nitrogen and oxygen atoms in total. The topological polar surface area (TPSA) is 120 Å². The highest BCUT2D eigenvalue weighted by Gasteiger charge is 2.38. The average molecular weight is 465 g/mol. The van der Waals surface area contributed by atoms with Crippen LogP contribution in [-0.2, 0) is 15.5 Å². The molecule has 4 N–H and O–H groups in total. The normalized spacial score (nSPS) is 20.8. The van der Waals surface area contributed by atoms with Gasteiger partial charge in [0.1, 0.15) is 17.2 Å². The molecule has 0 spiro atoms. The van der Waals surface area contributed by atoms with Gasteiger partial charge in [0.05, 0.1) is 27.4 Å². The van der Waals surface area contributed by atoms with Gasteiger partial charge in [0.25, 0.3) is 0 Å². The Morgan fingerprint density at radius 1 is 1.06 bits per heavy atom. The zero-order valence-corrected chi connectivity index (χ0v) is 19.4. The highest BCUT2D eigenvalue weighted by Crippen LogP contribution is 2.43. The second kappa shape index (κ2) is 10.7. The Morgan fingerprint density at radius 3 is 2.31 bits per heavy atom. The molecule has 1 saturated carbocycles. The number of nitrogens with two attached hydrogens (primary N) is 1. The van der Waals surface area contributed by atoms with Crippen LogP contribution in [-0.4, -0.2) is 42.8 Å². The van der Waals surface area contributed by atoms with Crippen molar-refractivity contribution in [1.82, 2.24) is 0 Å². The van der Waals surface area contributed by atoms with Crippen molar-refractivity contribution in [1.29, 1.82) is 0 Å². The summed E-state index contributed by atoms with van der Waals surface area (Å²) >= 11 is 0. The number of ether oxygens (including phenoxy) is 3. The van der Waals surface area contributed by atoms with Crippen LogP contribution in [0.25, 0.3) is 0 Å². The Kier molecular flexibility index (Phi) is 8.20. The maximum atomic E-state index is 11.0. The maximum Gasteiger partial charge on any atom is 0.469 e. The van der Waals surface area contributed by atoms with E-state index in [0.717, 1.165) is 47.6 Å². The minimum absolute atomic E-state index is 0.145. The van der Waals surface area contributed by atoms with Crippen molar-refractivity contribution in [3.05, 3.63) is 53.6 Å². The van der Waals surface area contributed by atoms with Crippen molar-refractivity contribution in [3.63, 3.8) is 0 Å². The summed E-state index contributed by atoms with van der Waals surface area (Å²) in [5, 5.41) is 0. The van der Waals surface area contributed by atoms with Crippen LogP contribution < -0.4 is 19.9 Å². The van der Waals surface area contributed by atoms with E-state index >= 15 is 0 Å². The molecule has 1 aliphatic rings. The molecule has 0 saturated heterocycles. The predicted octanol–water partition coefficient (Wildman–Crippen LogP) is 3.79. The third-order valence-corrected chi connectivity index (χ3v) is 6.27. The summed E-state index contributed by atoms with van der Waals surface area (Å²) < 4.78 is 32.1. The predicted molar refractivity (Wildman–Crippen MR) is 121 cm³/mol. The lowest BCUT2D eigenvalue weighted by Gasteiger charge is -2.24. The van der Waals surface area contributed by atoms with Crippen LogP contribution in [0.5, 0.6) is 17.2 Å². The van der Waals surface area contributed by atoms with E-state index in [0.29, 0.717) is 19.4 Å². The van der Waals surface area contributed by atoms with E-state index in [1.807, 2.05) is 42.5 Å². The molecule has 0 aliphatic heterocycles. The van der Waals surface area contributed by atoms with Gasteiger partial charge in [0.2, 0.25) is 0 Å². The Morgan fingerprint density at radius 2 is 1.72 bits per heavy atom. The van der Waals surface area contributed by atoms with E-state index < -0.39 is 13.4 Å². The first-order valence-corrected chi connectivity index (χ1v) is 12.2. The molecule has 2 atom stereocenters. The molecule has 176 valence electrons. The van der Waals surface area contributed by atoms with Gasteiger partial charge in [-0.2, -0.15) is 0 Å². The van der Waals surface area contributed by atoms with Crippen molar-refractivity contribution in [2.45, 2.75) is 43.6 Å². The van der Waals surface area contributed by atoms with Crippen LogP contribution >= 0.6 is 7.82 Å². The highest BCUT2D eigenvalue weighted by molar-refractivity contribution is 7.46. The van der Waals surface area contributed by atoms with Crippen LogP contribution in [0.4, 0.5) is 0 Å². The molecule has 9 heteroatoms. The molecule has 2 aromatic rings. The van der Waals surface area contributed by atoms with Gasteiger partial charge < -0.3 is 29.7 Å². The molecule has 0 aromatic heterocycles. The van der Waals surface area contributed by atoms with Gasteiger partial charge in [-0.1, -0.05) is 12.1 Å². The number of rotatable bonds is 11. The molecule has 1 aliphatic carbocycles. The first kappa shape index (κ1) is 24.6. The number of hydrogen-bond acceptors (Lipinski definition) is 6. The third kappa shape index (κ3) is 7.22. The lowest BCUT2D eigenvalue weighted by Crippen LogP contribution is -2.41. The molecule has 0 heterocycles. The fraction of sp³-hybridized carbons (Fsp3) is 0.478. The molecular formula is C23H32NO7P. The molecule has 0 amide bonds. The summed E-state index contributed by atoms with van der Waals surface area (Å²) in [5.41, 5.74) is 7.84. The van der Waals surface area contributed by atoms with Crippen molar-refractivity contribution < 1.29 is 33.1 Å². The van der Waals surface area contributed by atoms with Gasteiger partial charge in [0.15, 0.2) is 0 Å². The lowest BCUT2D eigenvalue weighted by atomic mass is 9.94. The monoisotopic (exact) mass is 465 g/mol. The van der Waals surface area contributed by atoms with Gasteiger partial charge in [0, 0.05) is 11.6 Å². The fourth-order valence-electron chi connectivity index (χ4n) is 4.10. The molecule has 0 unspecified atom stereocenters. The average Bonchev–Trinajstić information content (AvgIpc) is 3.17. The lowest BCUT2D eigenvalue weighted by molar-refractivity contribution is 0.153. The third-order valence-electron chi connectivity index (χ3n) is 5.81. The summed E-state index contributed by atoms with van der Waals surface area (Å²) in [5.74, 6) is 2.59. The number of aryl methyl sites for hydroxylation is 1. The number of hydrogen-bond donors (Lipinski definition) is 3. The summed E-state index contributed by atoms with van der Waals surface area (Å²) in [6.45, 7) is 0.446. The molecule has 1 fully saturated rings. The SMILES string of the molecule is COc1cc(CCCOc2ccc([C@@H]3CC[C@](N)(COP(=O)(O)O)C3)cc2)cc(OC)c1. The Bertz CT molecular complexity index is 908. The minimum Gasteiger partial charge on any atom is -0.497 e. The standard InChI is InChI=1S/C23H32NO7P/c1-28-21-12-17(13-22(14-21)29-2)4-3-11-30-20-7-5-18(6-8-20)19-9-10-23(24,15-19)16-31-32(25,26)27/h5-8,12-14,19H,3-4,9-11,15-16,24H2,1-2H3,(H2,25,26,27)/t19-,23-/m1/s1. The zero-order valence-electron chi connectivity index (χ0n) is 18.5. The highest BCUT2D eigenvalue weighted by atomic mass is 31.2. The van der Waals surface area contributed by atoms with Gasteiger partial charge >= 0.3 is 7.82 Å². The first-order chi connectivity index (χ1) is 15.2. The van der Waals surface area contributed by atoms with Crippen molar-refractivity contribution in [2.24, 2.45) is 5.73 Å². The van der Waals surface area contributed by atoms with E-state index in [2.05, 4.69) is 4.52 Å². The zero-order chi connectivity index (χ0) is 23.2. The first-order valence-electron chi connectivity index (χ1n) is 10.6. The quantitative estimate of drug-likeness (QED) is 0.339. The van der Waals surface area contributed by atoms with Crippen LogP contribution in [0.15, 0.2) is 42.5 Å². The van der Waals surface area contributed by atoms with Gasteiger partial charge in [-0.05, 0) is 73.4 Å². The minimum atomic E-state index is -4.51. The van der Waals surface area contributed by atoms with E-state index in [1.165, 1.54) is 0 Å². The summed E-state index contributed by atoms with van der Waals surface area (Å²) in [4.78, 5) is 17.8. The number of methoxy groups -OCH3 is 2. The molecule has 3 rings (SSSR count). The number of phosphoric ester groups is 1. The van der Waals surface area contributed by atoms with Crippen LogP contribution in [0.2, 0.25) is 0 Å². The Balaban J connectivity index is 1.46. The maximum absolute atomic E-state index is 11.0. The van der Waals surface area contributed by atoms with Crippen molar-refractivity contribution in [2.75, 3.05) is 27.4 Å². The second-order valence-electron chi connectivity index (χ2n) is 8.31. The van der Waals surface area contributed by atoms with E-state index in [4.69, 9.17) is 29.7 Å². The van der Waals surface area contributed by atoms with Gasteiger partial charge in [-0.15, -0.1) is 0 Å². The number of benzene rings is 2.